The number of ketones is 1. The van der Waals surface area contributed by atoms with E-state index < -0.39 is 0 Å². The van der Waals surface area contributed by atoms with Crippen LogP contribution in [0, 0.1) is 17.3 Å². The maximum atomic E-state index is 12.7. The van der Waals surface area contributed by atoms with E-state index in [1.54, 1.807) is 0 Å². The first-order chi connectivity index (χ1) is 10.3. The summed E-state index contributed by atoms with van der Waals surface area (Å²) in [5.41, 5.74) is 2.58. The quantitative estimate of drug-likeness (QED) is 0.512. The summed E-state index contributed by atoms with van der Waals surface area (Å²) < 4.78 is 6.00. The van der Waals surface area contributed by atoms with Crippen LogP contribution < -0.4 is 0 Å². The lowest BCUT2D eigenvalue weighted by molar-refractivity contribution is -0.123. The highest BCUT2D eigenvalue weighted by atomic mass is 16.6. The minimum atomic E-state index is -0.244. The van der Waals surface area contributed by atoms with Gasteiger partial charge >= 0.3 is 0 Å². The Labute approximate surface area is 135 Å². The SMILES string of the molecule is C/C1=C\C[C@]2(C)C(=O)C=C(C(C)C)[C@H]2CC[C@]2(C)O[C@H]2CC1. The van der Waals surface area contributed by atoms with Crippen molar-refractivity contribution in [2.45, 2.75) is 78.4 Å². The Hall–Kier alpha value is -0.890. The number of hydrogen-bond acceptors (Lipinski definition) is 2. The summed E-state index contributed by atoms with van der Waals surface area (Å²) in [4.78, 5) is 12.7. The van der Waals surface area contributed by atoms with Crippen molar-refractivity contribution in [2.75, 3.05) is 0 Å². The summed E-state index contributed by atoms with van der Waals surface area (Å²) in [6.45, 7) is 11.1. The third-order valence-electron chi connectivity index (χ3n) is 6.34. The first-order valence-corrected chi connectivity index (χ1v) is 8.85. The Bertz CT molecular complexity index is 542. The fourth-order valence-corrected chi connectivity index (χ4v) is 4.41. The van der Waals surface area contributed by atoms with Crippen molar-refractivity contribution in [1.29, 1.82) is 0 Å². The third-order valence-corrected chi connectivity index (χ3v) is 6.34. The van der Waals surface area contributed by atoms with Gasteiger partial charge in [-0.05, 0) is 63.9 Å². The number of carbonyl (C=O) groups is 1. The molecule has 2 heteroatoms. The molecule has 3 aliphatic rings. The van der Waals surface area contributed by atoms with Gasteiger partial charge in [0.25, 0.3) is 0 Å². The molecule has 2 nitrogen and oxygen atoms in total. The predicted octanol–water partition coefficient (Wildman–Crippen LogP) is 4.84. The van der Waals surface area contributed by atoms with Gasteiger partial charge in [0.2, 0.25) is 0 Å². The van der Waals surface area contributed by atoms with E-state index in [-0.39, 0.29) is 11.0 Å². The molecule has 0 aromatic carbocycles. The van der Waals surface area contributed by atoms with Crippen LogP contribution in [0.15, 0.2) is 23.3 Å². The van der Waals surface area contributed by atoms with Gasteiger partial charge in [-0.3, -0.25) is 4.79 Å². The third kappa shape index (κ3) is 2.60. The number of rotatable bonds is 1. The molecule has 0 amide bonds. The molecule has 0 aromatic heterocycles. The Kier molecular flexibility index (Phi) is 3.87. The van der Waals surface area contributed by atoms with Crippen molar-refractivity contribution in [3.8, 4) is 0 Å². The van der Waals surface area contributed by atoms with Gasteiger partial charge in [-0.1, -0.05) is 38.0 Å². The Morgan fingerprint density at radius 2 is 2.00 bits per heavy atom. The topological polar surface area (TPSA) is 29.6 Å². The largest absolute Gasteiger partial charge is 0.366 e. The molecule has 1 aliphatic heterocycles. The smallest absolute Gasteiger partial charge is 0.162 e. The van der Waals surface area contributed by atoms with E-state index in [0.29, 0.717) is 23.7 Å². The van der Waals surface area contributed by atoms with Crippen LogP contribution in [0.5, 0.6) is 0 Å². The Morgan fingerprint density at radius 1 is 1.27 bits per heavy atom. The van der Waals surface area contributed by atoms with Crippen LogP contribution >= 0.6 is 0 Å². The van der Waals surface area contributed by atoms with E-state index in [0.717, 1.165) is 32.1 Å². The maximum absolute atomic E-state index is 12.7. The highest BCUT2D eigenvalue weighted by Gasteiger charge is 2.53. The van der Waals surface area contributed by atoms with Crippen LogP contribution in [-0.4, -0.2) is 17.5 Å². The lowest BCUT2D eigenvalue weighted by Gasteiger charge is -2.33. The highest BCUT2D eigenvalue weighted by molar-refractivity contribution is 5.98. The number of epoxide rings is 1. The van der Waals surface area contributed by atoms with Crippen molar-refractivity contribution in [3.63, 3.8) is 0 Å². The Balaban J connectivity index is 1.92. The summed E-state index contributed by atoms with van der Waals surface area (Å²) in [5, 5.41) is 0. The van der Waals surface area contributed by atoms with E-state index in [4.69, 9.17) is 4.74 Å². The molecule has 4 atom stereocenters. The highest BCUT2D eigenvalue weighted by Crippen LogP contribution is 2.52. The zero-order valence-electron chi connectivity index (χ0n) is 14.7. The van der Waals surface area contributed by atoms with Crippen LogP contribution in [0.1, 0.15) is 66.7 Å². The summed E-state index contributed by atoms with van der Waals surface area (Å²) in [6, 6.07) is 0. The second-order valence-corrected chi connectivity index (χ2v) is 8.38. The molecular weight excluding hydrogens is 272 g/mol. The fraction of sp³-hybridized carbons (Fsp3) is 0.750. The molecule has 0 radical (unpaired) electrons. The normalized spacial score (nSPS) is 44.5. The molecule has 0 unspecified atom stereocenters. The van der Waals surface area contributed by atoms with Gasteiger partial charge in [0, 0.05) is 5.41 Å². The summed E-state index contributed by atoms with van der Waals surface area (Å²) in [5.74, 6) is 1.17. The lowest BCUT2D eigenvalue weighted by atomic mass is 9.69. The van der Waals surface area contributed by atoms with Crippen molar-refractivity contribution in [1.82, 2.24) is 0 Å². The number of hydrogen-bond donors (Lipinski definition) is 0. The zero-order chi connectivity index (χ0) is 16.1. The van der Waals surface area contributed by atoms with Gasteiger partial charge in [0.15, 0.2) is 5.78 Å². The van der Waals surface area contributed by atoms with Gasteiger partial charge in [-0.25, -0.2) is 0 Å². The average molecular weight is 302 g/mol. The zero-order valence-corrected chi connectivity index (χ0v) is 14.7. The minimum Gasteiger partial charge on any atom is -0.366 e. The molecular formula is C20H30O2. The molecule has 0 bridgehead atoms. The molecule has 3 rings (SSSR count). The molecule has 2 aliphatic carbocycles. The summed E-state index contributed by atoms with van der Waals surface area (Å²) in [7, 11) is 0. The van der Waals surface area contributed by atoms with Gasteiger partial charge in [-0.2, -0.15) is 0 Å². The van der Waals surface area contributed by atoms with E-state index >= 15 is 0 Å². The van der Waals surface area contributed by atoms with Crippen LogP contribution in [0.4, 0.5) is 0 Å². The first-order valence-electron chi connectivity index (χ1n) is 8.85. The van der Waals surface area contributed by atoms with Gasteiger partial charge in [-0.15, -0.1) is 0 Å². The second-order valence-electron chi connectivity index (χ2n) is 8.38. The Morgan fingerprint density at radius 3 is 2.68 bits per heavy atom. The van der Waals surface area contributed by atoms with Crippen molar-refractivity contribution in [2.24, 2.45) is 17.3 Å². The van der Waals surface area contributed by atoms with E-state index in [1.807, 2.05) is 6.08 Å². The molecule has 22 heavy (non-hydrogen) atoms. The molecule has 0 saturated carbocycles. The van der Waals surface area contributed by atoms with Crippen molar-refractivity contribution >= 4 is 5.78 Å². The van der Waals surface area contributed by atoms with Gasteiger partial charge < -0.3 is 4.74 Å². The monoisotopic (exact) mass is 302 g/mol. The summed E-state index contributed by atoms with van der Waals surface area (Å²) >= 11 is 0. The van der Waals surface area contributed by atoms with Crippen LogP contribution in [0.2, 0.25) is 0 Å². The molecule has 0 aromatic rings. The van der Waals surface area contributed by atoms with Crippen LogP contribution in [-0.2, 0) is 9.53 Å². The molecule has 1 saturated heterocycles. The van der Waals surface area contributed by atoms with E-state index in [9.17, 15) is 4.79 Å². The number of carbonyl (C=O) groups excluding carboxylic acids is 1. The van der Waals surface area contributed by atoms with Crippen LogP contribution in [0.25, 0.3) is 0 Å². The van der Waals surface area contributed by atoms with Gasteiger partial charge in [0.05, 0.1) is 11.7 Å². The molecule has 122 valence electrons. The number of allylic oxidation sites excluding steroid dienone is 4. The average Bonchev–Trinajstić information content (AvgIpc) is 3.03. The predicted molar refractivity (Wildman–Crippen MR) is 89.6 cm³/mol. The van der Waals surface area contributed by atoms with Crippen LogP contribution in [0.3, 0.4) is 0 Å². The van der Waals surface area contributed by atoms with Gasteiger partial charge in [0.1, 0.15) is 0 Å². The standard InChI is InChI=1S/C20H30O2/c1-13(2)15-12-17(21)19(4)10-8-14(3)6-7-18-20(5,22-18)11-9-16(15)19/h8,12-13,16,18H,6-7,9-11H2,1-5H3/b14-8+/t16-,18+,19+,20+/m1/s1. The van der Waals surface area contributed by atoms with Crippen molar-refractivity contribution < 1.29 is 9.53 Å². The molecule has 0 N–H and O–H groups in total. The number of ether oxygens (including phenoxy) is 1. The summed E-state index contributed by atoms with van der Waals surface area (Å²) in [6.07, 6.45) is 9.95. The molecule has 0 spiro atoms. The molecule has 1 heterocycles. The van der Waals surface area contributed by atoms with Crippen molar-refractivity contribution in [3.05, 3.63) is 23.3 Å². The number of fused-ring (bicyclic) bond motifs is 2. The van der Waals surface area contributed by atoms with E-state index in [1.165, 1.54) is 11.1 Å². The van der Waals surface area contributed by atoms with E-state index in [2.05, 4.69) is 40.7 Å². The fourth-order valence-electron chi connectivity index (χ4n) is 4.41. The molecule has 1 fully saturated rings. The lowest BCUT2D eigenvalue weighted by Crippen LogP contribution is -2.32. The first kappa shape index (κ1) is 16.0. The second kappa shape index (κ2) is 5.33. The maximum Gasteiger partial charge on any atom is 0.162 e. The minimum absolute atomic E-state index is 0.0548.